The summed E-state index contributed by atoms with van der Waals surface area (Å²) in [6, 6.07) is 0. The third-order valence-corrected chi connectivity index (χ3v) is 0. The molecule has 0 radical (unpaired) electrons. The van der Waals surface area contributed by atoms with Gasteiger partial charge >= 0.3 is 41.9 Å². The Morgan fingerprint density at radius 2 is 1.25 bits per heavy atom. The van der Waals surface area contributed by atoms with Crippen molar-refractivity contribution in [1.29, 1.82) is 0 Å². The normalized spacial score (nSPS) is 1.50. The van der Waals surface area contributed by atoms with Crippen LogP contribution in [-0.4, -0.2) is 33.6 Å². The summed E-state index contributed by atoms with van der Waals surface area (Å²) >= 11 is 0. The second-order valence-electron chi connectivity index (χ2n) is 0. The van der Waals surface area contributed by atoms with Crippen molar-refractivity contribution in [1.82, 2.24) is 0 Å². The zero-order chi connectivity index (χ0) is 2.00. The van der Waals surface area contributed by atoms with Gasteiger partial charge in [0.05, 0.1) is 0 Å². The van der Waals surface area contributed by atoms with Crippen LogP contribution in [0, 0.1) is 0 Å². The molecule has 0 rings (SSSR count). The molecule has 0 aromatic rings. The maximum Gasteiger partial charge on any atom is 2.00 e. The van der Waals surface area contributed by atoms with Gasteiger partial charge in [0.1, 0.15) is 0 Å². The standard InChI is InChI=1S/Li.Mg.H2O2.3H/c;;1-2;;;/h;;1-2H;;;/q+1;+2;;3*-1. The van der Waals surface area contributed by atoms with E-state index in [0.717, 1.165) is 0 Å². The summed E-state index contributed by atoms with van der Waals surface area (Å²) in [4.78, 5) is 0. The van der Waals surface area contributed by atoms with E-state index in [2.05, 4.69) is 0 Å². The van der Waals surface area contributed by atoms with Crippen LogP contribution in [0.3, 0.4) is 0 Å². The largest absolute Gasteiger partial charge is 2.00 e. The Kier molecular flexibility index (Phi) is 130. The molecule has 2 nitrogen and oxygen atoms in total. The predicted molar refractivity (Wildman–Crippen MR) is 14.3 cm³/mol. The first-order chi connectivity index (χ1) is 1.00. The molecule has 0 saturated carbocycles. The second kappa shape index (κ2) is 28.0. The molecule has 0 aliphatic carbocycles. The first-order valence-electron chi connectivity index (χ1n) is 0.200. The Morgan fingerprint density at radius 1 is 1.25 bits per heavy atom. The second-order valence-corrected chi connectivity index (χ2v) is 0. The molecular formula is H5LiMgO2. The molecular weight excluding hydrogens is 63.2 g/mol. The summed E-state index contributed by atoms with van der Waals surface area (Å²) in [5, 5.41) is 12.0. The van der Waals surface area contributed by atoms with Gasteiger partial charge in [-0.3, -0.25) is 10.5 Å². The van der Waals surface area contributed by atoms with Crippen molar-refractivity contribution in [2.75, 3.05) is 0 Å². The summed E-state index contributed by atoms with van der Waals surface area (Å²) in [5.74, 6) is 0. The molecule has 0 amide bonds. The molecule has 0 atom stereocenters. The van der Waals surface area contributed by atoms with E-state index in [-0.39, 0.29) is 46.2 Å². The predicted octanol–water partition coefficient (Wildman–Crippen LogP) is -3.02. The van der Waals surface area contributed by atoms with E-state index >= 15 is 0 Å². The zero-order valence-corrected chi connectivity index (χ0v) is 4.02. The van der Waals surface area contributed by atoms with E-state index in [1.54, 1.807) is 0 Å². The maximum absolute atomic E-state index is 6.00. The molecule has 0 bridgehead atoms. The number of rotatable bonds is 0. The molecule has 0 aromatic carbocycles. The fraction of sp³-hybridized carbons (Fsp3) is 0. The van der Waals surface area contributed by atoms with Crippen LogP contribution in [0.15, 0.2) is 0 Å². The van der Waals surface area contributed by atoms with Crippen LogP contribution < -0.4 is 18.9 Å². The van der Waals surface area contributed by atoms with E-state index in [4.69, 9.17) is 10.5 Å². The van der Waals surface area contributed by atoms with Crippen LogP contribution in [0.25, 0.3) is 0 Å². The molecule has 0 fully saturated rings. The number of hydrogen-bond acceptors (Lipinski definition) is 2. The van der Waals surface area contributed by atoms with Crippen molar-refractivity contribution in [3.8, 4) is 0 Å². The van der Waals surface area contributed by atoms with Crippen LogP contribution in [0.2, 0.25) is 0 Å². The minimum Gasteiger partial charge on any atom is -1.00 e. The Balaban J connectivity index is -0.000000000500. The SMILES string of the molecule is OO.[H-].[H-].[H-].[Li+].[Mg+2]. The first-order valence-corrected chi connectivity index (χ1v) is 0.200. The van der Waals surface area contributed by atoms with Crippen LogP contribution >= 0.6 is 0 Å². The Hall–Kier alpha value is 1.28. The van der Waals surface area contributed by atoms with Gasteiger partial charge in [-0.25, -0.2) is 0 Å². The van der Waals surface area contributed by atoms with Crippen molar-refractivity contribution in [2.45, 2.75) is 0 Å². The smallest absolute Gasteiger partial charge is 1.00 e. The summed E-state index contributed by atoms with van der Waals surface area (Å²) in [6.45, 7) is 0. The maximum atomic E-state index is 6.00. The molecule has 4 heavy (non-hydrogen) atoms. The first kappa shape index (κ1) is 18.6. The van der Waals surface area contributed by atoms with Gasteiger partial charge in [-0.1, -0.05) is 0 Å². The minimum absolute atomic E-state index is 0. The summed E-state index contributed by atoms with van der Waals surface area (Å²) in [6.07, 6.45) is 0. The molecule has 0 aliphatic rings. The van der Waals surface area contributed by atoms with Crippen molar-refractivity contribution in [3.05, 3.63) is 0 Å². The average molecular weight is 68.3 g/mol. The zero-order valence-electron chi connectivity index (χ0n) is 5.60. The summed E-state index contributed by atoms with van der Waals surface area (Å²) < 4.78 is 0. The van der Waals surface area contributed by atoms with Crippen molar-refractivity contribution >= 4 is 23.1 Å². The van der Waals surface area contributed by atoms with E-state index in [1.807, 2.05) is 0 Å². The Labute approximate surface area is 56.9 Å². The van der Waals surface area contributed by atoms with Gasteiger partial charge in [-0.15, -0.1) is 0 Å². The van der Waals surface area contributed by atoms with E-state index in [0.29, 0.717) is 0 Å². The molecule has 0 aromatic heterocycles. The third kappa shape index (κ3) is 10.4. The molecule has 20 valence electrons. The fourth-order valence-corrected chi connectivity index (χ4v) is 0. The molecule has 4 heteroatoms. The minimum atomic E-state index is 0. The third-order valence-electron chi connectivity index (χ3n) is 0. The molecule has 0 aliphatic heterocycles. The average Bonchev–Trinajstić information content (AvgIpc) is 1.00. The van der Waals surface area contributed by atoms with E-state index in [9.17, 15) is 0 Å². The molecule has 0 spiro atoms. The number of hydrogen-bond donors (Lipinski definition) is 2. The topological polar surface area (TPSA) is 40.5 Å². The summed E-state index contributed by atoms with van der Waals surface area (Å²) in [7, 11) is 0. The van der Waals surface area contributed by atoms with Crippen molar-refractivity contribution < 1.29 is 33.7 Å². The molecule has 2 N–H and O–H groups in total. The molecule has 0 heterocycles. The summed E-state index contributed by atoms with van der Waals surface area (Å²) in [5.41, 5.74) is 0. The van der Waals surface area contributed by atoms with Gasteiger partial charge in [-0.2, -0.15) is 0 Å². The van der Waals surface area contributed by atoms with E-state index in [1.165, 1.54) is 0 Å². The Bertz CT molecular complexity index is 12.9. The Morgan fingerprint density at radius 3 is 1.25 bits per heavy atom. The molecule has 0 saturated heterocycles. The van der Waals surface area contributed by atoms with Crippen LogP contribution in [0.4, 0.5) is 0 Å². The fourth-order valence-electron chi connectivity index (χ4n) is 0. The van der Waals surface area contributed by atoms with E-state index < -0.39 is 0 Å². The van der Waals surface area contributed by atoms with Crippen LogP contribution in [0.1, 0.15) is 4.28 Å². The van der Waals surface area contributed by atoms with Gasteiger partial charge in [-0.05, 0) is 0 Å². The van der Waals surface area contributed by atoms with Gasteiger partial charge in [0.2, 0.25) is 0 Å². The van der Waals surface area contributed by atoms with Crippen LogP contribution in [0.5, 0.6) is 0 Å². The van der Waals surface area contributed by atoms with Crippen LogP contribution in [-0.2, 0) is 0 Å². The van der Waals surface area contributed by atoms with Gasteiger partial charge in [0, 0.05) is 0 Å². The van der Waals surface area contributed by atoms with Crippen molar-refractivity contribution in [3.63, 3.8) is 0 Å². The van der Waals surface area contributed by atoms with Gasteiger partial charge < -0.3 is 4.28 Å². The monoisotopic (exact) mass is 68.0 g/mol. The quantitative estimate of drug-likeness (QED) is 0.180. The van der Waals surface area contributed by atoms with Gasteiger partial charge in [0.25, 0.3) is 0 Å². The van der Waals surface area contributed by atoms with Crippen molar-refractivity contribution in [2.24, 2.45) is 0 Å². The molecule has 0 unspecified atom stereocenters. The van der Waals surface area contributed by atoms with Gasteiger partial charge in [0.15, 0.2) is 0 Å².